The average molecular weight is 505 g/mol. The van der Waals surface area contributed by atoms with E-state index in [-0.39, 0.29) is 23.7 Å². The molecule has 2 aromatic rings. The molecule has 34 heavy (non-hydrogen) atoms. The molecule has 6 rings (SSSR count). The van der Waals surface area contributed by atoms with Crippen LogP contribution in [-0.4, -0.2) is 31.5 Å². The third kappa shape index (κ3) is 3.56. The second-order valence-corrected chi connectivity index (χ2v) is 13.1. The quantitative estimate of drug-likeness (QED) is 0.531. The Morgan fingerprint density at radius 2 is 1.79 bits per heavy atom. The molecule has 0 unspecified atom stereocenters. The van der Waals surface area contributed by atoms with Crippen molar-refractivity contribution in [3.63, 3.8) is 0 Å². The number of ketones is 1. The van der Waals surface area contributed by atoms with Crippen molar-refractivity contribution in [2.45, 2.75) is 83.8 Å². The van der Waals surface area contributed by atoms with Gasteiger partial charge in [0.15, 0.2) is 5.78 Å². The van der Waals surface area contributed by atoms with Crippen molar-refractivity contribution in [1.82, 2.24) is 15.0 Å². The highest BCUT2D eigenvalue weighted by Crippen LogP contribution is 2.64. The highest BCUT2D eigenvalue weighted by atomic mass is 35.5. The van der Waals surface area contributed by atoms with Gasteiger partial charge in [-0.15, -0.1) is 5.10 Å². The van der Waals surface area contributed by atoms with E-state index in [1.165, 1.54) is 25.7 Å². The topological polar surface area (TPSA) is 68.0 Å². The van der Waals surface area contributed by atoms with Crippen molar-refractivity contribution in [2.24, 2.45) is 40.9 Å². The molecular weight excluding hydrogens is 469 g/mol. The minimum atomic E-state index is -0.472. The van der Waals surface area contributed by atoms with Gasteiger partial charge in [-0.2, -0.15) is 0 Å². The van der Waals surface area contributed by atoms with Crippen molar-refractivity contribution in [1.29, 1.82) is 0 Å². The van der Waals surface area contributed by atoms with Gasteiger partial charge < -0.3 is 5.11 Å². The van der Waals surface area contributed by atoms with E-state index in [1.807, 2.05) is 6.92 Å². The van der Waals surface area contributed by atoms with Crippen molar-refractivity contribution >= 4 is 40.0 Å². The Kier molecular flexibility index (Phi) is 5.59. The van der Waals surface area contributed by atoms with Gasteiger partial charge in [0.05, 0.1) is 15.6 Å². The number of aliphatic hydroxyl groups is 1. The molecule has 0 spiro atoms. The lowest BCUT2D eigenvalue weighted by atomic mass is 9.49. The minimum Gasteiger partial charge on any atom is -0.390 e. The van der Waals surface area contributed by atoms with E-state index in [0.29, 0.717) is 32.9 Å². The number of carbonyl (C=O) groups is 1. The van der Waals surface area contributed by atoms with E-state index < -0.39 is 5.60 Å². The number of hydrogen-bond acceptors (Lipinski definition) is 4. The fraction of sp³-hybridized carbons (Fsp3) is 0.741. The summed E-state index contributed by atoms with van der Waals surface area (Å²) in [6, 6.07) is 3.46. The van der Waals surface area contributed by atoms with Crippen LogP contribution in [0.4, 0.5) is 0 Å². The molecule has 5 nitrogen and oxygen atoms in total. The number of rotatable bonds is 3. The Morgan fingerprint density at radius 3 is 2.62 bits per heavy atom. The number of Topliss-reactive ketones (excluding diaryl/α,β-unsaturated/α-hetero) is 1. The number of hydrogen-bond donors (Lipinski definition) is 1. The van der Waals surface area contributed by atoms with Gasteiger partial charge in [-0.3, -0.25) is 4.79 Å². The molecule has 1 N–H and O–H groups in total. The number of benzene rings is 1. The lowest BCUT2D eigenvalue weighted by molar-refractivity contribution is -0.133. The zero-order valence-electron chi connectivity index (χ0n) is 20.1. The molecule has 4 aliphatic rings. The van der Waals surface area contributed by atoms with Gasteiger partial charge in [-0.25, -0.2) is 4.68 Å². The summed E-state index contributed by atoms with van der Waals surface area (Å²) in [6.45, 7) is 4.63. The number of carbonyl (C=O) groups excluding carboxylic acids is 1. The monoisotopic (exact) mass is 503 g/mol. The Morgan fingerprint density at radius 1 is 1.03 bits per heavy atom. The highest BCUT2D eigenvalue weighted by molar-refractivity contribution is 6.39. The molecule has 4 fully saturated rings. The van der Waals surface area contributed by atoms with Crippen LogP contribution in [0.15, 0.2) is 12.1 Å². The lowest BCUT2D eigenvalue weighted by Crippen LogP contribution is -2.51. The molecule has 0 saturated heterocycles. The predicted octanol–water partition coefficient (Wildman–Crippen LogP) is 6.33. The van der Waals surface area contributed by atoms with Gasteiger partial charge in [0.25, 0.3) is 0 Å². The van der Waals surface area contributed by atoms with E-state index in [4.69, 9.17) is 23.2 Å². The molecule has 0 bridgehead atoms. The van der Waals surface area contributed by atoms with Crippen LogP contribution in [0.5, 0.6) is 0 Å². The summed E-state index contributed by atoms with van der Waals surface area (Å²) in [6.07, 6.45) is 10.1. The zero-order valence-corrected chi connectivity index (χ0v) is 21.7. The van der Waals surface area contributed by atoms with Crippen molar-refractivity contribution < 1.29 is 9.90 Å². The van der Waals surface area contributed by atoms with E-state index in [9.17, 15) is 9.90 Å². The first-order chi connectivity index (χ1) is 16.2. The molecule has 4 aliphatic carbocycles. The molecule has 184 valence electrons. The second-order valence-electron chi connectivity index (χ2n) is 12.3. The van der Waals surface area contributed by atoms with Gasteiger partial charge in [0, 0.05) is 5.92 Å². The molecular formula is C27H35Cl2N3O2. The first-order valence-corrected chi connectivity index (χ1v) is 13.9. The summed E-state index contributed by atoms with van der Waals surface area (Å²) < 4.78 is 1.65. The molecule has 0 radical (unpaired) electrons. The molecule has 8 atom stereocenters. The lowest BCUT2D eigenvalue weighted by Gasteiger charge is -2.56. The van der Waals surface area contributed by atoms with Gasteiger partial charge >= 0.3 is 0 Å². The fourth-order valence-electron chi connectivity index (χ4n) is 8.99. The first kappa shape index (κ1) is 23.2. The Balaban J connectivity index is 1.21. The predicted molar refractivity (Wildman–Crippen MR) is 134 cm³/mol. The summed E-state index contributed by atoms with van der Waals surface area (Å²) in [5, 5.41) is 20.1. The standard InChI is InChI=1S/C27H35Cl2N3O2/c1-26(34)11-9-16-15(13-26)3-4-18-17(16)10-12-27(2)19(18)5-6-20(27)23(33)14-32-25-22(29)8-7-21(28)24(25)30-31-32/h7-8,15-20,34H,3-6,9-14H2,1-2H3/t15-,16+,17-,18-,19+,20-,26-,27+/m1/s1. The van der Waals surface area contributed by atoms with Crippen LogP contribution in [0.3, 0.4) is 0 Å². The fourth-order valence-corrected chi connectivity index (χ4v) is 9.43. The third-order valence-electron chi connectivity index (χ3n) is 10.5. The summed E-state index contributed by atoms with van der Waals surface area (Å²) in [5.41, 5.74) is 0.808. The molecule has 0 aliphatic heterocycles. The third-order valence-corrected chi connectivity index (χ3v) is 11.1. The normalized spacial score (nSPS) is 41.7. The Hall–Kier alpha value is -1.17. The van der Waals surface area contributed by atoms with E-state index >= 15 is 0 Å². The van der Waals surface area contributed by atoms with Crippen LogP contribution in [0.25, 0.3) is 11.0 Å². The largest absolute Gasteiger partial charge is 0.390 e. The molecule has 1 heterocycles. The number of aromatic nitrogens is 3. The summed E-state index contributed by atoms with van der Waals surface area (Å²) in [4.78, 5) is 13.7. The average Bonchev–Trinajstić information content (AvgIpc) is 3.37. The van der Waals surface area contributed by atoms with Gasteiger partial charge in [0.2, 0.25) is 0 Å². The minimum absolute atomic E-state index is 0.0699. The van der Waals surface area contributed by atoms with Crippen LogP contribution in [0.1, 0.15) is 71.6 Å². The molecule has 7 heteroatoms. The second kappa shape index (κ2) is 8.18. The SMILES string of the molecule is C[C@@]1(O)CC[C@H]2[C@H](CC[C@@H]3[C@@H]2CC[C@]2(C)[C@@H](C(=O)Cn4nnc5c(Cl)ccc(Cl)c54)CC[C@@H]32)C1. The van der Waals surface area contributed by atoms with Crippen molar-refractivity contribution in [3.8, 4) is 0 Å². The Bertz CT molecular complexity index is 1130. The molecule has 0 amide bonds. The smallest absolute Gasteiger partial charge is 0.157 e. The van der Waals surface area contributed by atoms with Gasteiger partial charge in [0.1, 0.15) is 17.6 Å². The molecule has 4 saturated carbocycles. The van der Waals surface area contributed by atoms with Crippen LogP contribution < -0.4 is 0 Å². The molecule has 1 aromatic heterocycles. The van der Waals surface area contributed by atoms with Crippen LogP contribution >= 0.6 is 23.2 Å². The van der Waals surface area contributed by atoms with E-state index in [2.05, 4.69) is 17.2 Å². The number of fused-ring (bicyclic) bond motifs is 6. The summed E-state index contributed by atoms with van der Waals surface area (Å²) in [5.74, 6) is 3.93. The van der Waals surface area contributed by atoms with E-state index in [0.717, 1.165) is 49.9 Å². The van der Waals surface area contributed by atoms with Crippen molar-refractivity contribution in [3.05, 3.63) is 22.2 Å². The number of nitrogens with zero attached hydrogens (tertiary/aromatic N) is 3. The maximum Gasteiger partial charge on any atom is 0.157 e. The highest BCUT2D eigenvalue weighted by Gasteiger charge is 2.58. The number of halogens is 2. The summed E-state index contributed by atoms with van der Waals surface area (Å²) >= 11 is 12.7. The van der Waals surface area contributed by atoms with Crippen molar-refractivity contribution in [2.75, 3.05) is 0 Å². The molecule has 1 aromatic carbocycles. The zero-order chi connectivity index (χ0) is 23.8. The van der Waals surface area contributed by atoms with Crippen LogP contribution in [-0.2, 0) is 11.3 Å². The summed E-state index contributed by atoms with van der Waals surface area (Å²) in [7, 11) is 0. The first-order valence-electron chi connectivity index (χ1n) is 13.1. The Labute approximate surface area is 211 Å². The van der Waals surface area contributed by atoms with E-state index in [1.54, 1.807) is 16.8 Å². The van der Waals surface area contributed by atoms with Crippen LogP contribution in [0, 0.1) is 40.9 Å². The van der Waals surface area contributed by atoms with Gasteiger partial charge in [-0.05, 0) is 112 Å². The van der Waals surface area contributed by atoms with Gasteiger partial charge in [-0.1, -0.05) is 35.3 Å². The maximum atomic E-state index is 13.7. The maximum absolute atomic E-state index is 13.7. The van der Waals surface area contributed by atoms with Crippen LogP contribution in [0.2, 0.25) is 10.0 Å².